The van der Waals surface area contributed by atoms with Crippen LogP contribution < -0.4 is 0 Å². The molecule has 1 aliphatic rings. The summed E-state index contributed by atoms with van der Waals surface area (Å²) in [5.41, 5.74) is 0. The zero-order chi connectivity index (χ0) is 15.0. The molecule has 0 radical (unpaired) electrons. The minimum atomic E-state index is -1.87. The molecule has 0 aliphatic carbocycles. The van der Waals surface area contributed by atoms with E-state index < -0.39 is 20.5 Å². The summed E-state index contributed by atoms with van der Waals surface area (Å²) in [5.74, 6) is -0.453. The van der Waals surface area contributed by atoms with Crippen LogP contribution in [0.2, 0.25) is 18.1 Å². The van der Waals surface area contributed by atoms with Gasteiger partial charge in [0.05, 0.1) is 6.10 Å². The third-order valence-corrected chi connectivity index (χ3v) is 8.79. The number of carbonyl (C=O) groups is 1. The van der Waals surface area contributed by atoms with Gasteiger partial charge in [-0.25, -0.2) is 0 Å². The highest BCUT2D eigenvalue weighted by atomic mass is 28.4. The lowest BCUT2D eigenvalue weighted by molar-refractivity contribution is -0.187. The van der Waals surface area contributed by atoms with Crippen LogP contribution in [-0.4, -0.2) is 38.2 Å². The van der Waals surface area contributed by atoms with Gasteiger partial charge in [0, 0.05) is 12.8 Å². The summed E-state index contributed by atoms with van der Waals surface area (Å²) >= 11 is 0. The maximum atomic E-state index is 11.4. The van der Waals surface area contributed by atoms with Gasteiger partial charge in [0.2, 0.25) is 0 Å². The standard InChI is InChI=1S/C13H26NO4Si/c1-9(18-19(6,7)13(3,4)5)11-8-14(16)12(11)17-10(2)15/h9,11-12H,8H2,1-7H3/q-1/t9-,11-,12-/m1/s1. The highest BCUT2D eigenvalue weighted by molar-refractivity contribution is 6.74. The van der Waals surface area contributed by atoms with Crippen LogP contribution in [-0.2, 0) is 14.0 Å². The first-order valence-electron chi connectivity index (χ1n) is 6.74. The highest BCUT2D eigenvalue weighted by Gasteiger charge is 2.45. The first-order chi connectivity index (χ1) is 8.45. The van der Waals surface area contributed by atoms with E-state index in [1.165, 1.54) is 6.92 Å². The van der Waals surface area contributed by atoms with Crippen LogP contribution in [0.1, 0.15) is 34.6 Å². The molecule has 1 saturated heterocycles. The van der Waals surface area contributed by atoms with E-state index in [0.29, 0.717) is 6.54 Å². The summed E-state index contributed by atoms with van der Waals surface area (Å²) < 4.78 is 11.3. The molecule has 0 aromatic carbocycles. The molecule has 0 unspecified atom stereocenters. The van der Waals surface area contributed by atoms with E-state index in [9.17, 15) is 10.0 Å². The van der Waals surface area contributed by atoms with Gasteiger partial charge >= 0.3 is 5.97 Å². The van der Waals surface area contributed by atoms with E-state index in [1.54, 1.807) is 0 Å². The molecular formula is C13H26NO4Si-. The Morgan fingerprint density at radius 2 is 1.95 bits per heavy atom. The molecule has 1 aliphatic heterocycles. The monoisotopic (exact) mass is 288 g/mol. The van der Waals surface area contributed by atoms with Gasteiger partial charge < -0.3 is 19.4 Å². The van der Waals surface area contributed by atoms with Crippen LogP contribution in [0.15, 0.2) is 0 Å². The molecule has 1 heterocycles. The number of esters is 1. The second kappa shape index (κ2) is 5.52. The van der Waals surface area contributed by atoms with Crippen molar-refractivity contribution in [2.45, 2.75) is 65.1 Å². The molecule has 19 heavy (non-hydrogen) atoms. The Bertz CT molecular complexity index is 340. The maximum absolute atomic E-state index is 11.4. The van der Waals surface area contributed by atoms with Gasteiger partial charge in [-0.1, -0.05) is 20.8 Å². The lowest BCUT2D eigenvalue weighted by Gasteiger charge is -2.54. The Morgan fingerprint density at radius 3 is 2.32 bits per heavy atom. The zero-order valence-corrected chi connectivity index (χ0v) is 14.0. The fourth-order valence-corrected chi connectivity index (χ4v) is 3.36. The van der Waals surface area contributed by atoms with Crippen molar-refractivity contribution >= 4 is 14.3 Å². The van der Waals surface area contributed by atoms with Gasteiger partial charge in [0.15, 0.2) is 14.5 Å². The van der Waals surface area contributed by atoms with Crippen molar-refractivity contribution < 1.29 is 14.0 Å². The summed E-state index contributed by atoms with van der Waals surface area (Å²) in [6, 6.07) is 0. The molecule has 1 fully saturated rings. The lowest BCUT2D eigenvalue weighted by atomic mass is 9.94. The van der Waals surface area contributed by atoms with Gasteiger partial charge in [0.1, 0.15) is 0 Å². The molecule has 0 amide bonds. The molecule has 0 N–H and O–H groups in total. The van der Waals surface area contributed by atoms with Crippen LogP contribution >= 0.6 is 0 Å². The Labute approximate surface area is 117 Å². The van der Waals surface area contributed by atoms with Crippen LogP contribution in [0.4, 0.5) is 0 Å². The van der Waals surface area contributed by atoms with E-state index in [1.807, 2.05) is 6.92 Å². The van der Waals surface area contributed by atoms with Gasteiger partial charge in [0.25, 0.3) is 0 Å². The van der Waals surface area contributed by atoms with E-state index in [-0.39, 0.29) is 17.1 Å². The summed E-state index contributed by atoms with van der Waals surface area (Å²) in [7, 11) is -1.87. The van der Waals surface area contributed by atoms with Crippen molar-refractivity contribution in [3.8, 4) is 0 Å². The van der Waals surface area contributed by atoms with Gasteiger partial charge in [-0.3, -0.25) is 4.79 Å². The van der Waals surface area contributed by atoms with Gasteiger partial charge in [-0.2, -0.15) is 0 Å². The first-order valence-corrected chi connectivity index (χ1v) is 9.65. The normalized spacial score (nSPS) is 26.7. The fourth-order valence-electron chi connectivity index (χ4n) is 1.90. The summed E-state index contributed by atoms with van der Waals surface area (Å²) in [6.45, 7) is 14.5. The average Bonchev–Trinajstić information content (AvgIpc) is 2.20. The largest absolute Gasteiger partial charge is 0.783 e. The molecule has 0 aromatic heterocycles. The highest BCUT2D eigenvalue weighted by Crippen LogP contribution is 2.39. The summed E-state index contributed by atoms with van der Waals surface area (Å²) in [6.07, 6.45) is -0.757. The number of hydrogen-bond donors (Lipinski definition) is 0. The molecule has 112 valence electrons. The third-order valence-electron chi connectivity index (χ3n) is 4.22. The average molecular weight is 288 g/mol. The van der Waals surface area contributed by atoms with E-state index in [0.717, 1.165) is 5.06 Å². The fraction of sp³-hybridized carbons (Fsp3) is 0.923. The Kier molecular flexibility index (Phi) is 4.82. The smallest absolute Gasteiger partial charge is 0.304 e. The summed E-state index contributed by atoms with van der Waals surface area (Å²) in [4.78, 5) is 11.0. The first kappa shape index (κ1) is 16.6. The minimum Gasteiger partial charge on any atom is -0.783 e. The molecule has 0 spiro atoms. The van der Waals surface area contributed by atoms with Gasteiger partial charge in [-0.15, -0.1) is 0 Å². The van der Waals surface area contributed by atoms with Crippen LogP contribution in [0, 0.1) is 11.1 Å². The van der Waals surface area contributed by atoms with Crippen molar-refractivity contribution in [1.29, 1.82) is 0 Å². The number of nitrogens with zero attached hydrogens (tertiary/aromatic N) is 1. The summed E-state index contributed by atoms with van der Waals surface area (Å²) in [5, 5.41) is 12.4. The molecule has 5 nitrogen and oxygen atoms in total. The zero-order valence-electron chi connectivity index (χ0n) is 13.0. The van der Waals surface area contributed by atoms with Crippen molar-refractivity contribution in [1.82, 2.24) is 5.06 Å². The lowest BCUT2D eigenvalue weighted by Crippen LogP contribution is -2.60. The van der Waals surface area contributed by atoms with Crippen LogP contribution in [0.25, 0.3) is 0 Å². The Hall–Kier alpha value is -0.433. The Morgan fingerprint density at radius 1 is 1.42 bits per heavy atom. The number of hydrogen-bond acceptors (Lipinski definition) is 5. The van der Waals surface area contributed by atoms with Crippen molar-refractivity contribution in [3.05, 3.63) is 5.21 Å². The second-order valence-corrected chi connectivity index (χ2v) is 11.6. The number of hydroxylamine groups is 2. The van der Waals surface area contributed by atoms with Crippen LogP contribution in [0.3, 0.4) is 0 Å². The maximum Gasteiger partial charge on any atom is 0.304 e. The number of carbonyl (C=O) groups excluding carboxylic acids is 1. The molecule has 1 rings (SSSR count). The third kappa shape index (κ3) is 3.78. The van der Waals surface area contributed by atoms with Crippen molar-refractivity contribution in [2.75, 3.05) is 6.54 Å². The SMILES string of the molecule is CC(=O)O[C@@H]1[C@@H]([C@@H](C)O[Si](C)(C)C(C)(C)C)CN1[O-]. The topological polar surface area (TPSA) is 61.8 Å². The molecule has 0 saturated carbocycles. The quantitative estimate of drug-likeness (QED) is 0.588. The molecule has 0 bridgehead atoms. The van der Waals surface area contributed by atoms with E-state index >= 15 is 0 Å². The number of rotatable bonds is 4. The Balaban J connectivity index is 2.64. The van der Waals surface area contributed by atoms with Gasteiger partial charge in [-0.05, 0) is 31.6 Å². The van der Waals surface area contributed by atoms with Crippen molar-refractivity contribution in [2.24, 2.45) is 5.92 Å². The molecular weight excluding hydrogens is 262 g/mol. The number of ether oxygens (including phenoxy) is 1. The molecule has 6 heteroatoms. The predicted molar refractivity (Wildman–Crippen MR) is 76.9 cm³/mol. The van der Waals surface area contributed by atoms with E-state index in [4.69, 9.17) is 9.16 Å². The van der Waals surface area contributed by atoms with Crippen molar-refractivity contribution in [3.63, 3.8) is 0 Å². The predicted octanol–water partition coefficient (Wildman–Crippen LogP) is 2.72. The van der Waals surface area contributed by atoms with Crippen LogP contribution in [0.5, 0.6) is 0 Å². The minimum absolute atomic E-state index is 0.0319. The van der Waals surface area contributed by atoms with E-state index in [2.05, 4.69) is 33.9 Å². The second-order valence-electron chi connectivity index (χ2n) is 6.85. The molecule has 3 atom stereocenters. The molecule has 0 aromatic rings.